The van der Waals surface area contributed by atoms with Crippen molar-refractivity contribution >= 4 is 41.2 Å². The van der Waals surface area contributed by atoms with Crippen LogP contribution >= 0.6 is 35.0 Å². The van der Waals surface area contributed by atoms with Gasteiger partial charge in [0.05, 0.1) is 22.9 Å². The molecule has 0 aliphatic rings. The van der Waals surface area contributed by atoms with Crippen LogP contribution in [-0.4, -0.2) is 34.0 Å². The number of aromatic nitrogens is 3. The van der Waals surface area contributed by atoms with Gasteiger partial charge in [0, 0.05) is 6.42 Å². The van der Waals surface area contributed by atoms with Crippen LogP contribution < -0.4 is 4.74 Å². The Bertz CT molecular complexity index is 921. The third-order valence-corrected chi connectivity index (χ3v) is 4.88. The monoisotopic (exact) mass is 420 g/mol. The average Bonchev–Trinajstić information content (AvgIpc) is 3.05. The maximum Gasteiger partial charge on any atom is 0.211 e. The molecular weight excluding hydrogens is 403 g/mol. The minimum atomic E-state index is 0.448. The van der Waals surface area contributed by atoms with Gasteiger partial charge in [-0.2, -0.15) is 9.78 Å². The summed E-state index contributed by atoms with van der Waals surface area (Å²) in [7, 11) is 0. The highest BCUT2D eigenvalue weighted by Gasteiger charge is 2.12. The maximum absolute atomic E-state index is 6.26. The number of benzene rings is 2. The van der Waals surface area contributed by atoms with E-state index in [4.69, 9.17) is 27.9 Å². The third-order valence-electron chi connectivity index (χ3n) is 3.70. The van der Waals surface area contributed by atoms with E-state index in [1.807, 2.05) is 43.5 Å². The fraction of sp³-hybridized carbons (Fsp3) is 0.211. The Morgan fingerprint density at radius 2 is 1.85 bits per heavy atom. The van der Waals surface area contributed by atoms with E-state index in [0.29, 0.717) is 34.0 Å². The molecule has 140 valence electrons. The molecule has 0 aliphatic carbocycles. The van der Waals surface area contributed by atoms with Crippen LogP contribution in [0.1, 0.15) is 23.9 Å². The van der Waals surface area contributed by atoms with Crippen LogP contribution in [0.4, 0.5) is 0 Å². The van der Waals surface area contributed by atoms with Gasteiger partial charge in [-0.05, 0) is 36.4 Å². The van der Waals surface area contributed by atoms with E-state index in [1.54, 1.807) is 23.0 Å². The summed E-state index contributed by atoms with van der Waals surface area (Å²) in [5.74, 6) is 1.24. The fourth-order valence-corrected chi connectivity index (χ4v) is 3.55. The first-order valence-corrected chi connectivity index (χ1v) is 10.3. The largest absolute Gasteiger partial charge is 0.491 e. The van der Waals surface area contributed by atoms with E-state index in [0.717, 1.165) is 17.0 Å². The van der Waals surface area contributed by atoms with E-state index in [9.17, 15) is 0 Å². The zero-order valence-corrected chi connectivity index (χ0v) is 17.2. The molecule has 0 fully saturated rings. The van der Waals surface area contributed by atoms with E-state index >= 15 is 0 Å². The number of hydrogen-bond donors (Lipinski definition) is 0. The maximum atomic E-state index is 6.26. The Hall–Kier alpha value is -2.02. The summed E-state index contributed by atoms with van der Waals surface area (Å²) in [6.45, 7) is 2.37. The van der Waals surface area contributed by atoms with Gasteiger partial charge in [0.1, 0.15) is 0 Å². The molecule has 0 spiro atoms. The van der Waals surface area contributed by atoms with Crippen LogP contribution in [0.2, 0.25) is 10.0 Å². The Balaban J connectivity index is 1.89. The van der Waals surface area contributed by atoms with Gasteiger partial charge in [0.25, 0.3) is 0 Å². The van der Waals surface area contributed by atoms with Gasteiger partial charge in [-0.1, -0.05) is 65.3 Å². The fourth-order valence-electron chi connectivity index (χ4n) is 2.49. The van der Waals surface area contributed by atoms with E-state index < -0.39 is 0 Å². The summed E-state index contributed by atoms with van der Waals surface area (Å²) < 4.78 is 7.19. The van der Waals surface area contributed by atoms with Crippen LogP contribution in [0.3, 0.4) is 0 Å². The lowest BCUT2D eigenvalue weighted by atomic mass is 10.1. The quantitative estimate of drug-likeness (QED) is 0.390. The molecule has 0 saturated carbocycles. The lowest BCUT2D eigenvalue weighted by Crippen LogP contribution is -2.01. The smallest absolute Gasteiger partial charge is 0.211 e. The molecule has 0 atom stereocenters. The molecular formula is C19H18Cl2N4OS. The Morgan fingerprint density at radius 3 is 2.48 bits per heavy atom. The van der Waals surface area contributed by atoms with Crippen molar-refractivity contribution < 1.29 is 4.74 Å². The highest BCUT2D eigenvalue weighted by molar-refractivity contribution is 7.98. The van der Waals surface area contributed by atoms with Crippen molar-refractivity contribution in [1.29, 1.82) is 0 Å². The first kappa shape index (κ1) is 19.7. The Kier molecular flexibility index (Phi) is 6.77. The number of rotatable bonds is 7. The summed E-state index contributed by atoms with van der Waals surface area (Å²) in [6.07, 6.45) is 4.26. The number of nitrogens with zero attached hydrogens (tertiary/aromatic N) is 4. The van der Waals surface area contributed by atoms with Crippen molar-refractivity contribution in [3.05, 3.63) is 69.5 Å². The van der Waals surface area contributed by atoms with Crippen molar-refractivity contribution in [3.63, 3.8) is 0 Å². The SMILES string of the molecule is CCOc1c(Cl)cc(/C=N\n2c(Cc3ccccc3)nnc2SC)cc1Cl. The zero-order chi connectivity index (χ0) is 19.2. The van der Waals surface area contributed by atoms with Gasteiger partial charge in [0.15, 0.2) is 11.6 Å². The van der Waals surface area contributed by atoms with Crippen LogP contribution in [-0.2, 0) is 6.42 Å². The number of thioether (sulfide) groups is 1. The summed E-state index contributed by atoms with van der Waals surface area (Å²) in [4.78, 5) is 0. The average molecular weight is 421 g/mol. The first-order chi connectivity index (χ1) is 13.1. The minimum Gasteiger partial charge on any atom is -0.491 e. The Morgan fingerprint density at radius 1 is 1.15 bits per heavy atom. The minimum absolute atomic E-state index is 0.448. The predicted octanol–water partition coefficient (Wildman–Crippen LogP) is 5.18. The van der Waals surface area contributed by atoms with Crippen molar-refractivity contribution in [1.82, 2.24) is 14.9 Å². The molecule has 8 heteroatoms. The molecule has 0 aliphatic heterocycles. The second-order valence-electron chi connectivity index (χ2n) is 5.57. The number of hydrogen-bond acceptors (Lipinski definition) is 5. The molecule has 2 aromatic carbocycles. The molecule has 0 bridgehead atoms. The molecule has 0 radical (unpaired) electrons. The van der Waals surface area contributed by atoms with Crippen LogP contribution in [0, 0.1) is 0 Å². The molecule has 3 aromatic rings. The topological polar surface area (TPSA) is 52.3 Å². The summed E-state index contributed by atoms with van der Waals surface area (Å²) in [5.41, 5.74) is 1.90. The summed E-state index contributed by atoms with van der Waals surface area (Å²) >= 11 is 14.0. The highest BCUT2D eigenvalue weighted by atomic mass is 35.5. The van der Waals surface area contributed by atoms with Gasteiger partial charge in [-0.15, -0.1) is 10.2 Å². The standard InChI is InChI=1S/C19H18Cl2N4OS/c1-3-26-18-15(20)9-14(10-16(18)21)12-22-25-17(23-24-19(25)27-2)11-13-7-5-4-6-8-13/h4-10,12H,3,11H2,1-2H3/b22-12-. The molecule has 5 nitrogen and oxygen atoms in total. The van der Waals surface area contributed by atoms with Crippen molar-refractivity contribution in [2.75, 3.05) is 12.9 Å². The molecule has 0 unspecified atom stereocenters. The van der Waals surface area contributed by atoms with E-state index in [-0.39, 0.29) is 0 Å². The van der Waals surface area contributed by atoms with Gasteiger partial charge < -0.3 is 4.74 Å². The van der Waals surface area contributed by atoms with Crippen LogP contribution in [0.15, 0.2) is 52.7 Å². The Labute approximate surface area is 172 Å². The van der Waals surface area contributed by atoms with Gasteiger partial charge in [-0.25, -0.2) is 0 Å². The lowest BCUT2D eigenvalue weighted by Gasteiger charge is -2.08. The number of halogens is 2. The van der Waals surface area contributed by atoms with Crippen LogP contribution in [0.5, 0.6) is 5.75 Å². The number of ether oxygens (including phenoxy) is 1. The van der Waals surface area contributed by atoms with Crippen molar-refractivity contribution in [2.24, 2.45) is 5.10 Å². The zero-order valence-electron chi connectivity index (χ0n) is 14.9. The molecule has 1 aromatic heterocycles. The van der Waals surface area contributed by atoms with E-state index in [1.165, 1.54) is 11.8 Å². The first-order valence-electron chi connectivity index (χ1n) is 8.30. The molecule has 0 N–H and O–H groups in total. The van der Waals surface area contributed by atoms with Crippen molar-refractivity contribution in [2.45, 2.75) is 18.5 Å². The van der Waals surface area contributed by atoms with E-state index in [2.05, 4.69) is 15.3 Å². The second-order valence-corrected chi connectivity index (χ2v) is 7.16. The molecule has 0 saturated heterocycles. The van der Waals surface area contributed by atoms with Crippen LogP contribution in [0.25, 0.3) is 0 Å². The van der Waals surface area contributed by atoms with Gasteiger partial charge >= 0.3 is 0 Å². The van der Waals surface area contributed by atoms with Gasteiger partial charge in [-0.3, -0.25) is 0 Å². The molecule has 27 heavy (non-hydrogen) atoms. The molecule has 3 rings (SSSR count). The third kappa shape index (κ3) is 4.83. The summed E-state index contributed by atoms with van der Waals surface area (Å²) in [6, 6.07) is 13.6. The lowest BCUT2D eigenvalue weighted by molar-refractivity contribution is 0.340. The van der Waals surface area contributed by atoms with Crippen molar-refractivity contribution in [3.8, 4) is 5.75 Å². The summed E-state index contributed by atoms with van der Waals surface area (Å²) in [5, 5.41) is 14.6. The highest BCUT2D eigenvalue weighted by Crippen LogP contribution is 2.33. The molecule has 0 amide bonds. The normalized spacial score (nSPS) is 11.3. The molecule has 1 heterocycles. The van der Waals surface area contributed by atoms with Gasteiger partial charge in [0.2, 0.25) is 5.16 Å². The second kappa shape index (κ2) is 9.26. The predicted molar refractivity (Wildman–Crippen MR) is 112 cm³/mol.